The highest BCUT2D eigenvalue weighted by Gasteiger charge is 2.28. The van der Waals surface area contributed by atoms with Crippen LogP contribution in [0.4, 0.5) is 0 Å². The number of piperazine rings is 1. The van der Waals surface area contributed by atoms with E-state index in [9.17, 15) is 4.79 Å². The van der Waals surface area contributed by atoms with Gasteiger partial charge >= 0.3 is 0 Å². The van der Waals surface area contributed by atoms with Crippen molar-refractivity contribution >= 4 is 5.91 Å². The number of hydrogen-bond acceptors (Lipinski definition) is 6. The van der Waals surface area contributed by atoms with Crippen LogP contribution in [0.1, 0.15) is 57.3 Å². The number of nitrogens with two attached hydrogens (primary N) is 2. The number of nitrogens with zero attached hydrogens (tertiary/aromatic N) is 4. The molecule has 5 N–H and O–H groups in total. The lowest BCUT2D eigenvalue weighted by molar-refractivity contribution is -0.136. The van der Waals surface area contributed by atoms with E-state index in [1.54, 1.807) is 4.68 Å². The second-order valence-corrected chi connectivity index (χ2v) is 6.91. The van der Waals surface area contributed by atoms with Crippen LogP contribution < -0.4 is 16.8 Å². The minimum atomic E-state index is -0.324. The Morgan fingerprint density at radius 1 is 1.36 bits per heavy atom. The van der Waals surface area contributed by atoms with Crippen LogP contribution in [0.2, 0.25) is 0 Å². The van der Waals surface area contributed by atoms with E-state index in [1.807, 2.05) is 11.1 Å². The maximum absolute atomic E-state index is 13.0. The van der Waals surface area contributed by atoms with E-state index < -0.39 is 0 Å². The Morgan fingerprint density at radius 2 is 2.08 bits per heavy atom. The van der Waals surface area contributed by atoms with E-state index in [-0.39, 0.29) is 18.0 Å². The molecule has 0 saturated carbocycles. The van der Waals surface area contributed by atoms with Crippen LogP contribution in [0.15, 0.2) is 6.20 Å². The summed E-state index contributed by atoms with van der Waals surface area (Å²) in [5.74, 6) is 0.441. The third-order valence-corrected chi connectivity index (χ3v) is 5.09. The maximum Gasteiger partial charge on any atom is 0.247 e. The molecular weight excluding hydrogens is 318 g/mol. The Balaban J connectivity index is 2.14. The van der Waals surface area contributed by atoms with E-state index in [1.165, 1.54) is 0 Å². The average Bonchev–Trinajstić information content (AvgIpc) is 3.14. The molecule has 1 aliphatic rings. The molecule has 1 fully saturated rings. The van der Waals surface area contributed by atoms with E-state index >= 15 is 0 Å². The number of nitrogens with one attached hydrogen (secondary N) is 1. The first-order valence-corrected chi connectivity index (χ1v) is 9.45. The third-order valence-electron chi connectivity index (χ3n) is 5.09. The highest BCUT2D eigenvalue weighted by Crippen LogP contribution is 2.23. The molecule has 8 heteroatoms. The molecular formula is C17H33N7O. The molecule has 1 aromatic rings. The number of carbonyl (C=O) groups is 1. The van der Waals surface area contributed by atoms with Crippen molar-refractivity contribution in [2.45, 2.75) is 51.6 Å². The van der Waals surface area contributed by atoms with Gasteiger partial charge in [0.05, 0.1) is 17.9 Å². The summed E-state index contributed by atoms with van der Waals surface area (Å²) in [6.07, 6.45) is 5.35. The van der Waals surface area contributed by atoms with Crippen molar-refractivity contribution in [2.75, 3.05) is 32.7 Å². The van der Waals surface area contributed by atoms with Gasteiger partial charge in [-0.1, -0.05) is 25.5 Å². The van der Waals surface area contributed by atoms with Crippen molar-refractivity contribution < 1.29 is 4.79 Å². The topological polar surface area (TPSA) is 115 Å². The highest BCUT2D eigenvalue weighted by molar-refractivity contribution is 5.80. The Morgan fingerprint density at radius 3 is 2.72 bits per heavy atom. The smallest absolute Gasteiger partial charge is 0.247 e. The van der Waals surface area contributed by atoms with Gasteiger partial charge in [0, 0.05) is 26.2 Å². The summed E-state index contributed by atoms with van der Waals surface area (Å²) >= 11 is 0. The fourth-order valence-corrected chi connectivity index (χ4v) is 3.09. The minimum absolute atomic E-state index is 0.118. The number of carbonyl (C=O) groups excluding carboxylic acids is 1. The number of rotatable bonds is 9. The van der Waals surface area contributed by atoms with Gasteiger partial charge in [-0.15, -0.1) is 5.10 Å². The van der Waals surface area contributed by atoms with Crippen molar-refractivity contribution in [3.8, 4) is 0 Å². The van der Waals surface area contributed by atoms with Gasteiger partial charge in [0.1, 0.15) is 6.04 Å². The molecule has 1 saturated heterocycles. The highest BCUT2D eigenvalue weighted by atomic mass is 16.2. The lowest BCUT2D eigenvalue weighted by Crippen LogP contribution is -2.48. The molecule has 1 amide bonds. The molecule has 2 heterocycles. The van der Waals surface area contributed by atoms with E-state index in [4.69, 9.17) is 11.5 Å². The second-order valence-electron chi connectivity index (χ2n) is 6.91. The first kappa shape index (κ1) is 19.8. The zero-order valence-corrected chi connectivity index (χ0v) is 15.5. The molecule has 25 heavy (non-hydrogen) atoms. The molecule has 8 nitrogen and oxygen atoms in total. The minimum Gasteiger partial charge on any atom is -0.338 e. The van der Waals surface area contributed by atoms with Gasteiger partial charge in [-0.05, 0) is 31.7 Å². The van der Waals surface area contributed by atoms with Crippen LogP contribution in [-0.4, -0.2) is 58.5 Å². The Hall–Kier alpha value is -1.51. The first-order chi connectivity index (χ1) is 12.1. The SMILES string of the molecule is CC[C@H](C)[C@H](N)c1cn(C(CCCCN)C(=O)N2CCNCC2)nn1. The van der Waals surface area contributed by atoms with Crippen LogP contribution in [0, 0.1) is 5.92 Å². The summed E-state index contributed by atoms with van der Waals surface area (Å²) in [6.45, 7) is 7.99. The summed E-state index contributed by atoms with van der Waals surface area (Å²) in [4.78, 5) is 14.9. The van der Waals surface area contributed by atoms with Crippen LogP contribution in [0.5, 0.6) is 0 Å². The fraction of sp³-hybridized carbons (Fsp3) is 0.824. The van der Waals surface area contributed by atoms with Crippen molar-refractivity contribution in [3.63, 3.8) is 0 Å². The van der Waals surface area contributed by atoms with Crippen LogP contribution in [0.3, 0.4) is 0 Å². The Labute approximate surface area is 150 Å². The standard InChI is InChI=1S/C17H33N7O/c1-3-13(2)16(19)14-12-24(22-21-14)15(6-4-5-7-18)17(25)23-10-8-20-9-11-23/h12-13,15-16,20H,3-11,18-19H2,1-2H3/t13-,15?,16-/m0/s1. The van der Waals surface area contributed by atoms with Crippen molar-refractivity contribution in [2.24, 2.45) is 17.4 Å². The van der Waals surface area contributed by atoms with E-state index in [0.717, 1.165) is 57.6 Å². The van der Waals surface area contributed by atoms with Gasteiger partial charge in [0.2, 0.25) is 5.91 Å². The summed E-state index contributed by atoms with van der Waals surface area (Å²) < 4.78 is 1.71. The zero-order valence-electron chi connectivity index (χ0n) is 15.5. The molecule has 1 unspecified atom stereocenters. The Bertz CT molecular complexity index is 527. The molecule has 0 bridgehead atoms. The molecule has 0 radical (unpaired) electrons. The van der Waals surface area contributed by atoms with Crippen molar-refractivity contribution in [3.05, 3.63) is 11.9 Å². The monoisotopic (exact) mass is 351 g/mol. The molecule has 0 aliphatic carbocycles. The van der Waals surface area contributed by atoms with Gasteiger partial charge < -0.3 is 21.7 Å². The Kier molecular flexibility index (Phi) is 7.80. The summed E-state index contributed by atoms with van der Waals surface area (Å²) in [5.41, 5.74) is 12.6. The van der Waals surface area contributed by atoms with Crippen LogP contribution >= 0.6 is 0 Å². The normalized spacial score (nSPS) is 18.8. The second kappa shape index (κ2) is 9.84. The quantitative estimate of drug-likeness (QED) is 0.556. The number of unbranched alkanes of at least 4 members (excludes halogenated alkanes) is 1. The van der Waals surface area contributed by atoms with Gasteiger partial charge in [-0.3, -0.25) is 4.79 Å². The molecule has 0 aromatic carbocycles. The summed E-state index contributed by atoms with van der Waals surface area (Å²) in [7, 11) is 0. The molecule has 3 atom stereocenters. The lowest BCUT2D eigenvalue weighted by atomic mass is 9.98. The molecule has 1 aromatic heterocycles. The molecule has 1 aliphatic heterocycles. The van der Waals surface area contributed by atoms with Crippen LogP contribution in [-0.2, 0) is 4.79 Å². The van der Waals surface area contributed by atoms with E-state index in [2.05, 4.69) is 29.5 Å². The van der Waals surface area contributed by atoms with Crippen molar-refractivity contribution in [1.82, 2.24) is 25.2 Å². The van der Waals surface area contributed by atoms with Gasteiger partial charge in [0.15, 0.2) is 0 Å². The third kappa shape index (κ3) is 5.23. The lowest BCUT2D eigenvalue weighted by Gasteiger charge is -2.30. The number of amides is 1. The summed E-state index contributed by atoms with van der Waals surface area (Å²) in [6, 6.07) is -0.479. The van der Waals surface area contributed by atoms with Gasteiger partial charge in [0.25, 0.3) is 0 Å². The largest absolute Gasteiger partial charge is 0.338 e. The maximum atomic E-state index is 13.0. The van der Waals surface area contributed by atoms with Gasteiger partial charge in [-0.2, -0.15) is 0 Å². The van der Waals surface area contributed by atoms with E-state index in [0.29, 0.717) is 12.5 Å². The predicted octanol–water partition coefficient (Wildman–Crippen LogP) is 0.426. The average molecular weight is 351 g/mol. The summed E-state index contributed by atoms with van der Waals surface area (Å²) in [5, 5.41) is 11.8. The fourth-order valence-electron chi connectivity index (χ4n) is 3.09. The zero-order chi connectivity index (χ0) is 18.2. The molecule has 2 rings (SSSR count). The first-order valence-electron chi connectivity index (χ1n) is 9.45. The number of hydrogen-bond donors (Lipinski definition) is 3. The predicted molar refractivity (Wildman–Crippen MR) is 97.8 cm³/mol. The van der Waals surface area contributed by atoms with Crippen molar-refractivity contribution in [1.29, 1.82) is 0 Å². The number of aromatic nitrogens is 3. The molecule has 0 spiro atoms. The van der Waals surface area contributed by atoms with Gasteiger partial charge in [-0.25, -0.2) is 4.68 Å². The van der Waals surface area contributed by atoms with Crippen LogP contribution in [0.25, 0.3) is 0 Å². The molecule has 142 valence electrons.